The molecule has 4 aromatic rings. The average molecular weight is 933 g/mol. The average Bonchev–Trinajstić information content (AvgIpc) is 3.51. The summed E-state index contributed by atoms with van der Waals surface area (Å²) in [5, 5.41) is 2.98. The monoisotopic (exact) mass is 931 g/mol. The molecule has 2 aliphatic heterocycles. The van der Waals surface area contributed by atoms with Crippen molar-refractivity contribution in [3.05, 3.63) is 118 Å². The highest BCUT2D eigenvalue weighted by atomic mass is 35.5. The molecule has 0 spiro atoms. The predicted molar refractivity (Wildman–Crippen MR) is 236 cm³/mol. The standard InChI is InChI=1S/C42H43ClN2O12S4/c1-41(2)36(44(20-22-58(46,47)48)34-16-8-28-24-30(60(52,53)54)12-14-32(28)38(34)41)18-10-26-6-5-7-27(40(26)43)11-19-37-42(3,4)39-33-15-13-31(61(55,56)57)25-29(33)9-17-35(39)45(37)21-23-59(49,50)51/h8-19,24-25H,5-7,20-23H2,1-4H3,(H3-,46,47,48,49,50,51,52,53,54,55,56,57)/p+1. The van der Waals surface area contributed by atoms with E-state index in [1.807, 2.05) is 61.5 Å². The Balaban J connectivity index is 1.29. The van der Waals surface area contributed by atoms with Crippen LogP contribution < -0.4 is 4.90 Å². The Morgan fingerprint density at radius 2 is 1.26 bits per heavy atom. The Morgan fingerprint density at radius 3 is 1.84 bits per heavy atom. The quantitative estimate of drug-likeness (QED) is 0.0847. The molecule has 2 heterocycles. The molecule has 14 nitrogen and oxygen atoms in total. The van der Waals surface area contributed by atoms with E-state index in [1.54, 1.807) is 36.4 Å². The summed E-state index contributed by atoms with van der Waals surface area (Å²) >= 11 is 7.14. The third-order valence-corrected chi connectivity index (χ3v) is 15.3. The van der Waals surface area contributed by atoms with E-state index >= 15 is 0 Å². The lowest BCUT2D eigenvalue weighted by Gasteiger charge is -2.27. The molecule has 0 aromatic heterocycles. The third-order valence-electron chi connectivity index (χ3n) is 11.7. The summed E-state index contributed by atoms with van der Waals surface area (Å²) in [6.07, 6.45) is 9.46. The molecule has 0 saturated carbocycles. The van der Waals surface area contributed by atoms with Crippen molar-refractivity contribution in [2.45, 2.75) is 67.6 Å². The lowest BCUT2D eigenvalue weighted by molar-refractivity contribution is -0.432. The van der Waals surface area contributed by atoms with E-state index in [4.69, 9.17) is 11.6 Å². The summed E-state index contributed by atoms with van der Waals surface area (Å²) < 4.78 is 136. The van der Waals surface area contributed by atoms with Gasteiger partial charge >= 0.3 is 0 Å². The zero-order chi connectivity index (χ0) is 44.7. The Hall–Kier alpha value is -4.24. The summed E-state index contributed by atoms with van der Waals surface area (Å²) in [6.45, 7) is 7.64. The Morgan fingerprint density at radius 1 is 0.689 bits per heavy atom. The largest absolute Gasteiger partial charge is 0.343 e. The van der Waals surface area contributed by atoms with Crippen molar-refractivity contribution in [3.63, 3.8) is 0 Å². The Kier molecular flexibility index (Phi) is 11.4. The van der Waals surface area contributed by atoms with E-state index in [0.717, 1.165) is 28.7 Å². The van der Waals surface area contributed by atoms with E-state index < -0.39 is 62.8 Å². The number of hydrogen-bond donors (Lipinski definition) is 4. The first-order chi connectivity index (χ1) is 28.2. The minimum Gasteiger partial charge on any atom is -0.343 e. The topological polar surface area (TPSA) is 224 Å². The van der Waals surface area contributed by atoms with Crippen molar-refractivity contribution in [1.82, 2.24) is 0 Å². The van der Waals surface area contributed by atoms with Gasteiger partial charge in [0.05, 0.1) is 21.0 Å². The fourth-order valence-electron chi connectivity index (χ4n) is 8.93. The minimum absolute atomic E-state index is 0.0850. The van der Waals surface area contributed by atoms with Crippen molar-refractivity contribution in [3.8, 4) is 0 Å². The van der Waals surface area contributed by atoms with Gasteiger partial charge in [-0.1, -0.05) is 55.8 Å². The number of hydrogen-bond acceptors (Lipinski definition) is 9. The number of nitrogens with zero attached hydrogens (tertiary/aromatic N) is 2. The molecule has 0 atom stereocenters. The number of halogens is 1. The van der Waals surface area contributed by atoms with Crippen LogP contribution in [0, 0.1) is 0 Å². The van der Waals surface area contributed by atoms with E-state index in [1.165, 1.54) is 24.3 Å². The fourth-order valence-corrected chi connectivity index (χ4v) is 11.1. The van der Waals surface area contributed by atoms with Gasteiger partial charge in [-0.05, 0) is 114 Å². The maximum Gasteiger partial charge on any atom is 0.294 e. The summed E-state index contributed by atoms with van der Waals surface area (Å²) in [5.74, 6) is -1.12. The highest BCUT2D eigenvalue weighted by Crippen LogP contribution is 2.51. The molecule has 0 fully saturated rings. The normalized spacial score (nSPS) is 19.6. The van der Waals surface area contributed by atoms with Gasteiger partial charge in [0.15, 0.2) is 12.3 Å². The molecule has 4 N–H and O–H groups in total. The van der Waals surface area contributed by atoms with Gasteiger partial charge in [-0.15, -0.1) is 0 Å². The number of rotatable bonds is 11. The van der Waals surface area contributed by atoms with Gasteiger partial charge in [0.1, 0.15) is 5.75 Å². The fraction of sp³-hybridized carbons (Fsp3) is 0.310. The van der Waals surface area contributed by atoms with Gasteiger partial charge < -0.3 is 4.90 Å². The molecule has 19 heteroatoms. The number of fused-ring (bicyclic) bond motifs is 6. The van der Waals surface area contributed by atoms with Gasteiger partial charge in [-0.3, -0.25) is 18.2 Å². The van der Waals surface area contributed by atoms with Crippen molar-refractivity contribution in [1.29, 1.82) is 0 Å². The van der Waals surface area contributed by atoms with Crippen LogP contribution in [0.3, 0.4) is 0 Å². The van der Waals surface area contributed by atoms with Gasteiger partial charge in [0.25, 0.3) is 40.5 Å². The van der Waals surface area contributed by atoms with Gasteiger partial charge in [0, 0.05) is 46.1 Å². The second-order valence-electron chi connectivity index (χ2n) is 16.4. The van der Waals surface area contributed by atoms with Crippen molar-refractivity contribution in [2.75, 3.05) is 29.5 Å². The lowest BCUT2D eigenvalue weighted by atomic mass is 9.78. The zero-order valence-corrected chi connectivity index (χ0v) is 37.5. The molecule has 0 radical (unpaired) electrons. The lowest BCUT2D eigenvalue weighted by Crippen LogP contribution is -2.30. The van der Waals surface area contributed by atoms with Gasteiger partial charge in [-0.2, -0.15) is 38.2 Å². The van der Waals surface area contributed by atoms with Gasteiger partial charge in [-0.25, -0.2) is 0 Å². The molecular weight excluding hydrogens is 888 g/mol. The summed E-state index contributed by atoms with van der Waals surface area (Å²) in [5.41, 5.74) is 4.39. The molecule has 0 bridgehead atoms. The van der Waals surface area contributed by atoms with E-state index in [0.29, 0.717) is 62.2 Å². The molecule has 4 aromatic carbocycles. The SMILES string of the molecule is CC1(C)C(/C=C/C2=C(Cl)C(=C/C=C3/N(CCS(=O)(=O)O)c4ccc5cc(S(=O)(=O)O)ccc5c4C3(C)C)/CCC2)=[N+](CCS(=O)(=O)O)c2ccc3cc(S(=O)(=O)O)ccc3c21. The van der Waals surface area contributed by atoms with Crippen LogP contribution in [0.4, 0.5) is 11.4 Å². The van der Waals surface area contributed by atoms with Crippen LogP contribution in [-0.2, 0) is 51.3 Å². The molecule has 324 valence electrons. The Labute approximate surface area is 360 Å². The van der Waals surface area contributed by atoms with Crippen LogP contribution in [0.15, 0.2) is 117 Å². The molecule has 61 heavy (non-hydrogen) atoms. The maximum absolute atomic E-state index is 12.0. The summed E-state index contributed by atoms with van der Waals surface area (Å²) in [4.78, 5) is 1.28. The van der Waals surface area contributed by atoms with Crippen molar-refractivity contribution < 1.29 is 56.5 Å². The number of anilines is 1. The van der Waals surface area contributed by atoms with Crippen LogP contribution in [0.5, 0.6) is 0 Å². The summed E-state index contributed by atoms with van der Waals surface area (Å²) in [7, 11) is -17.7. The first-order valence-corrected chi connectivity index (χ1v) is 25.6. The zero-order valence-electron chi connectivity index (χ0n) is 33.5. The molecule has 0 unspecified atom stereocenters. The van der Waals surface area contributed by atoms with Crippen LogP contribution in [0.2, 0.25) is 0 Å². The van der Waals surface area contributed by atoms with Crippen LogP contribution in [0.1, 0.15) is 58.1 Å². The second-order valence-corrected chi connectivity index (χ2v) is 22.8. The Bertz CT molecular complexity index is 3180. The first-order valence-electron chi connectivity index (χ1n) is 19.1. The molecule has 7 rings (SSSR count). The minimum atomic E-state index is -4.47. The molecular formula is C42H44ClN2O12S4+. The first kappa shape index (κ1) is 44.8. The number of benzene rings is 4. The third kappa shape index (κ3) is 8.74. The van der Waals surface area contributed by atoms with Crippen LogP contribution in [0.25, 0.3) is 21.5 Å². The maximum atomic E-state index is 12.0. The van der Waals surface area contributed by atoms with Crippen molar-refractivity contribution in [2.24, 2.45) is 0 Å². The van der Waals surface area contributed by atoms with E-state index in [-0.39, 0.29) is 22.9 Å². The summed E-state index contributed by atoms with van der Waals surface area (Å²) in [6, 6.07) is 15.5. The molecule has 1 aliphatic carbocycles. The van der Waals surface area contributed by atoms with Crippen LogP contribution >= 0.6 is 11.6 Å². The predicted octanol–water partition coefficient (Wildman–Crippen LogP) is 7.48. The van der Waals surface area contributed by atoms with E-state index in [2.05, 4.69) is 0 Å². The molecule has 0 amide bonds. The smallest absolute Gasteiger partial charge is 0.294 e. The second kappa shape index (κ2) is 15.5. The van der Waals surface area contributed by atoms with Crippen LogP contribution in [-0.4, -0.2) is 86.8 Å². The van der Waals surface area contributed by atoms with Gasteiger partial charge in [0.2, 0.25) is 5.69 Å². The highest BCUT2D eigenvalue weighted by Gasteiger charge is 2.46. The van der Waals surface area contributed by atoms with E-state index in [9.17, 15) is 51.9 Å². The number of allylic oxidation sites excluding steroid dienone is 8. The van der Waals surface area contributed by atoms with Crippen molar-refractivity contribution >= 4 is 90.7 Å². The molecule has 0 saturated heterocycles. The highest BCUT2D eigenvalue weighted by molar-refractivity contribution is 7.86. The molecule has 3 aliphatic rings.